The lowest BCUT2D eigenvalue weighted by molar-refractivity contribution is -0.0359. The summed E-state index contributed by atoms with van der Waals surface area (Å²) in [5.74, 6) is 1.04. The molecule has 2 atom stereocenters. The Hall–Kier alpha value is -3.87. The van der Waals surface area contributed by atoms with Crippen LogP contribution in [0.2, 0.25) is 0 Å². The summed E-state index contributed by atoms with van der Waals surface area (Å²) in [5, 5.41) is 5.91. The number of carbonyl (C=O) groups excluding carboxylic acids is 1. The van der Waals surface area contributed by atoms with Crippen molar-refractivity contribution in [3.8, 4) is 5.75 Å². The van der Waals surface area contributed by atoms with Gasteiger partial charge in [0, 0.05) is 12.5 Å². The summed E-state index contributed by atoms with van der Waals surface area (Å²) in [4.78, 5) is 14.7. The Morgan fingerprint density at radius 1 is 0.864 bits per heavy atom. The molecule has 5 rings (SSSR count). The second-order valence-corrected chi connectivity index (χ2v) is 12.6. The molecule has 0 saturated carbocycles. The van der Waals surface area contributed by atoms with Gasteiger partial charge in [-0.05, 0) is 98.8 Å². The summed E-state index contributed by atoms with van der Waals surface area (Å²) in [6.07, 6.45) is 2.35. The molecule has 1 heterocycles. The van der Waals surface area contributed by atoms with Crippen molar-refractivity contribution in [2.24, 2.45) is 0 Å². The van der Waals surface area contributed by atoms with E-state index >= 15 is 0 Å². The van der Waals surface area contributed by atoms with Crippen molar-refractivity contribution in [3.63, 3.8) is 0 Å². The van der Waals surface area contributed by atoms with Crippen molar-refractivity contribution in [3.05, 3.63) is 114 Å². The van der Waals surface area contributed by atoms with Crippen LogP contribution >= 0.6 is 0 Å². The lowest BCUT2D eigenvalue weighted by Crippen LogP contribution is -2.48. The van der Waals surface area contributed by atoms with Crippen LogP contribution in [0.5, 0.6) is 5.75 Å². The quantitative estimate of drug-likeness (QED) is 0.170. The second kappa shape index (κ2) is 15.2. The number of hydrogen-bond acceptors (Lipinski definition) is 5. The van der Waals surface area contributed by atoms with Crippen molar-refractivity contribution in [1.29, 1.82) is 0 Å². The van der Waals surface area contributed by atoms with Gasteiger partial charge in [-0.3, -0.25) is 0 Å². The second-order valence-electron chi connectivity index (χ2n) is 12.6. The molecule has 0 spiro atoms. The number of hydrogen-bond donors (Lipinski definition) is 1. The topological polar surface area (TPSA) is 60.0 Å². The molecule has 0 aliphatic carbocycles. The highest BCUT2D eigenvalue weighted by Gasteiger charge is 2.35. The fraction of sp³-hybridized carbons (Fsp3) is 0.395. The van der Waals surface area contributed by atoms with E-state index < -0.39 is 5.60 Å². The first-order valence-electron chi connectivity index (χ1n) is 15.9. The number of nitrogens with zero attached hydrogens (tertiary/aromatic N) is 1. The van der Waals surface area contributed by atoms with E-state index in [1.807, 2.05) is 20.8 Å². The van der Waals surface area contributed by atoms with E-state index in [-0.39, 0.29) is 18.1 Å². The van der Waals surface area contributed by atoms with Gasteiger partial charge in [0.2, 0.25) is 0 Å². The molecule has 6 nitrogen and oxygen atoms in total. The number of ether oxygens (including phenoxy) is 3. The van der Waals surface area contributed by atoms with E-state index in [4.69, 9.17) is 14.2 Å². The van der Waals surface area contributed by atoms with Gasteiger partial charge in [-0.25, -0.2) is 4.79 Å². The Kier molecular flexibility index (Phi) is 10.9. The van der Waals surface area contributed by atoms with Gasteiger partial charge in [-0.2, -0.15) is 0 Å². The minimum atomic E-state index is -0.538. The van der Waals surface area contributed by atoms with Crippen LogP contribution in [0.4, 0.5) is 4.79 Å². The van der Waals surface area contributed by atoms with Gasteiger partial charge < -0.3 is 24.4 Å². The van der Waals surface area contributed by atoms with E-state index in [1.165, 1.54) is 21.9 Å². The average Bonchev–Trinajstić information content (AvgIpc) is 3.03. The van der Waals surface area contributed by atoms with Crippen molar-refractivity contribution < 1.29 is 19.0 Å². The van der Waals surface area contributed by atoms with Crippen LogP contribution in [-0.2, 0) is 22.5 Å². The van der Waals surface area contributed by atoms with Crippen molar-refractivity contribution in [2.45, 2.75) is 64.3 Å². The predicted molar refractivity (Wildman–Crippen MR) is 177 cm³/mol. The molecule has 44 heavy (non-hydrogen) atoms. The Bertz CT molecular complexity index is 1470. The standard InChI is InChI=1S/C38H46N2O4/c1-38(2,3)44-37(41)40-24-21-35(36(27-40)43-28-30-14-15-31-12-7-8-13-33(31)26-30)32-16-18-34(19-17-32)42-25-9-22-39-23-20-29-10-5-4-6-11-29/h4-8,10-19,26,35-36,39H,9,20-25,27-28H2,1-3H3. The Morgan fingerprint density at radius 3 is 2.39 bits per heavy atom. The summed E-state index contributed by atoms with van der Waals surface area (Å²) < 4.78 is 18.3. The van der Waals surface area contributed by atoms with E-state index in [9.17, 15) is 4.79 Å². The molecular weight excluding hydrogens is 548 g/mol. The molecule has 232 valence electrons. The molecule has 1 fully saturated rings. The summed E-state index contributed by atoms with van der Waals surface area (Å²) in [6, 6.07) is 33.7. The van der Waals surface area contributed by atoms with Crippen LogP contribution < -0.4 is 10.1 Å². The Balaban J connectivity index is 1.15. The summed E-state index contributed by atoms with van der Waals surface area (Å²) in [6.45, 7) is 9.87. The van der Waals surface area contributed by atoms with Crippen LogP contribution in [0.25, 0.3) is 10.8 Å². The third-order valence-electron chi connectivity index (χ3n) is 8.00. The molecule has 1 aliphatic rings. The predicted octanol–water partition coefficient (Wildman–Crippen LogP) is 7.75. The number of nitrogens with one attached hydrogen (secondary N) is 1. The van der Waals surface area contributed by atoms with Crippen LogP contribution in [-0.4, -0.2) is 55.5 Å². The first-order valence-corrected chi connectivity index (χ1v) is 15.9. The summed E-state index contributed by atoms with van der Waals surface area (Å²) in [7, 11) is 0. The zero-order valence-electron chi connectivity index (χ0n) is 26.3. The molecule has 4 aromatic carbocycles. The Morgan fingerprint density at radius 2 is 1.61 bits per heavy atom. The minimum absolute atomic E-state index is 0.156. The first kappa shape index (κ1) is 31.6. The van der Waals surface area contributed by atoms with Gasteiger partial charge >= 0.3 is 6.09 Å². The van der Waals surface area contributed by atoms with Crippen LogP contribution in [0.3, 0.4) is 0 Å². The number of likely N-dealkylation sites (tertiary alicyclic amines) is 1. The van der Waals surface area contributed by atoms with Gasteiger partial charge in [0.15, 0.2) is 0 Å². The van der Waals surface area contributed by atoms with Gasteiger partial charge in [-0.1, -0.05) is 78.9 Å². The molecule has 1 saturated heterocycles. The highest BCUT2D eigenvalue weighted by atomic mass is 16.6. The van der Waals surface area contributed by atoms with Crippen LogP contribution in [0.1, 0.15) is 56.2 Å². The summed E-state index contributed by atoms with van der Waals surface area (Å²) >= 11 is 0. The molecule has 0 radical (unpaired) electrons. The third-order valence-corrected chi connectivity index (χ3v) is 8.00. The van der Waals surface area contributed by atoms with Crippen LogP contribution in [0, 0.1) is 0 Å². The zero-order chi connectivity index (χ0) is 30.8. The highest BCUT2D eigenvalue weighted by molar-refractivity contribution is 5.82. The lowest BCUT2D eigenvalue weighted by Gasteiger charge is -2.39. The Labute approximate surface area is 262 Å². The van der Waals surface area contributed by atoms with Crippen molar-refractivity contribution in [2.75, 3.05) is 32.8 Å². The number of amides is 1. The maximum Gasteiger partial charge on any atom is 0.410 e. The molecule has 2 unspecified atom stereocenters. The fourth-order valence-electron chi connectivity index (χ4n) is 5.69. The summed E-state index contributed by atoms with van der Waals surface area (Å²) in [5.41, 5.74) is 3.14. The van der Waals surface area contributed by atoms with Crippen LogP contribution in [0.15, 0.2) is 97.1 Å². The van der Waals surface area contributed by atoms with Gasteiger partial charge in [0.05, 0.1) is 25.9 Å². The van der Waals surface area contributed by atoms with E-state index in [2.05, 4.69) is 102 Å². The molecule has 1 amide bonds. The van der Waals surface area contributed by atoms with Gasteiger partial charge in [0.1, 0.15) is 11.4 Å². The van der Waals surface area contributed by atoms with Gasteiger partial charge in [0.25, 0.3) is 0 Å². The number of rotatable bonds is 12. The largest absolute Gasteiger partial charge is 0.494 e. The van der Waals surface area contributed by atoms with E-state index in [0.717, 1.165) is 43.7 Å². The molecule has 1 N–H and O–H groups in total. The number of fused-ring (bicyclic) bond motifs is 1. The maximum absolute atomic E-state index is 12.9. The average molecular weight is 595 g/mol. The lowest BCUT2D eigenvalue weighted by atomic mass is 9.87. The fourth-order valence-corrected chi connectivity index (χ4v) is 5.69. The molecule has 4 aromatic rings. The number of carbonyl (C=O) groups is 1. The highest BCUT2D eigenvalue weighted by Crippen LogP contribution is 2.33. The first-order chi connectivity index (χ1) is 21.3. The monoisotopic (exact) mass is 594 g/mol. The maximum atomic E-state index is 12.9. The zero-order valence-corrected chi connectivity index (χ0v) is 26.3. The third kappa shape index (κ3) is 9.31. The van der Waals surface area contributed by atoms with Gasteiger partial charge in [-0.15, -0.1) is 0 Å². The molecule has 1 aliphatic heterocycles. The molecule has 0 aromatic heterocycles. The normalized spacial score (nSPS) is 17.0. The van der Waals surface area contributed by atoms with E-state index in [0.29, 0.717) is 26.3 Å². The smallest absolute Gasteiger partial charge is 0.410 e. The van der Waals surface area contributed by atoms with E-state index in [1.54, 1.807) is 4.90 Å². The molecular formula is C38H46N2O4. The van der Waals surface area contributed by atoms with Crippen molar-refractivity contribution >= 4 is 16.9 Å². The molecule has 0 bridgehead atoms. The number of benzene rings is 4. The number of piperidine rings is 1. The minimum Gasteiger partial charge on any atom is -0.494 e. The molecule has 6 heteroatoms. The SMILES string of the molecule is CC(C)(C)OC(=O)N1CCC(c2ccc(OCCCNCCc3ccccc3)cc2)C(OCc2ccc3ccccc3c2)C1. The van der Waals surface area contributed by atoms with Crippen molar-refractivity contribution in [1.82, 2.24) is 10.2 Å².